The van der Waals surface area contributed by atoms with Gasteiger partial charge in [0.05, 0.1) is 6.07 Å². The molecule has 0 aliphatic rings. The Balaban J connectivity index is 2.12. The van der Waals surface area contributed by atoms with Crippen molar-refractivity contribution in [3.63, 3.8) is 0 Å². The van der Waals surface area contributed by atoms with E-state index in [1.54, 1.807) is 25.1 Å². The summed E-state index contributed by atoms with van der Waals surface area (Å²) < 4.78 is 10.3. The highest BCUT2D eigenvalue weighted by atomic mass is 16.5. The normalized spacial score (nSPS) is 11.7. The van der Waals surface area contributed by atoms with Crippen molar-refractivity contribution in [2.75, 3.05) is 6.61 Å². The number of hydrogen-bond acceptors (Lipinski definition) is 6. The standard InChI is InChI=1S/C16H14N2O4/c1-9-11-5-3-4-6-14(11)22-15(9)16(20)21-8-13(19)12(7-17)10(2)18/h3-6,12,18H,8H2,1-2H3/t12-/m0/s1. The summed E-state index contributed by atoms with van der Waals surface area (Å²) in [6.45, 7) is 2.52. The highest BCUT2D eigenvalue weighted by Crippen LogP contribution is 2.25. The van der Waals surface area contributed by atoms with Gasteiger partial charge in [-0.15, -0.1) is 0 Å². The summed E-state index contributed by atoms with van der Waals surface area (Å²) in [4.78, 5) is 23.8. The number of furan rings is 1. The fraction of sp³-hybridized carbons (Fsp3) is 0.250. The second-order valence-electron chi connectivity index (χ2n) is 4.84. The summed E-state index contributed by atoms with van der Waals surface area (Å²) in [5.74, 6) is -2.54. The largest absolute Gasteiger partial charge is 0.452 e. The van der Waals surface area contributed by atoms with Crippen molar-refractivity contribution in [1.29, 1.82) is 10.7 Å². The van der Waals surface area contributed by atoms with E-state index in [4.69, 9.17) is 19.8 Å². The van der Waals surface area contributed by atoms with E-state index in [1.165, 1.54) is 6.92 Å². The molecule has 0 spiro atoms. The minimum Gasteiger partial charge on any atom is -0.452 e. The van der Waals surface area contributed by atoms with Gasteiger partial charge in [0.1, 0.15) is 11.5 Å². The Morgan fingerprint density at radius 3 is 2.68 bits per heavy atom. The number of ether oxygens (including phenoxy) is 1. The number of benzene rings is 1. The first kappa shape index (κ1) is 15.4. The van der Waals surface area contributed by atoms with Crippen LogP contribution in [0.25, 0.3) is 11.0 Å². The predicted molar refractivity (Wildman–Crippen MR) is 78.7 cm³/mol. The average molecular weight is 298 g/mol. The van der Waals surface area contributed by atoms with E-state index in [2.05, 4.69) is 0 Å². The Hall–Kier alpha value is -2.94. The molecule has 2 aromatic rings. The van der Waals surface area contributed by atoms with Crippen LogP contribution in [0.15, 0.2) is 28.7 Å². The lowest BCUT2D eigenvalue weighted by Gasteiger charge is -2.06. The van der Waals surface area contributed by atoms with Crippen molar-refractivity contribution < 1.29 is 18.7 Å². The van der Waals surface area contributed by atoms with Gasteiger partial charge >= 0.3 is 5.97 Å². The third kappa shape index (κ3) is 2.88. The molecule has 0 radical (unpaired) electrons. The minimum atomic E-state index is -1.19. The van der Waals surface area contributed by atoms with E-state index in [-0.39, 0.29) is 11.5 Å². The Morgan fingerprint density at radius 2 is 2.09 bits per heavy atom. The van der Waals surface area contributed by atoms with Crippen molar-refractivity contribution >= 4 is 28.4 Å². The zero-order valence-electron chi connectivity index (χ0n) is 12.2. The maximum atomic E-state index is 12.0. The minimum absolute atomic E-state index is 0.0362. The number of ketones is 1. The van der Waals surface area contributed by atoms with Crippen molar-refractivity contribution in [2.24, 2.45) is 5.92 Å². The van der Waals surface area contributed by atoms with Crippen molar-refractivity contribution in [1.82, 2.24) is 0 Å². The average Bonchev–Trinajstić information content (AvgIpc) is 2.83. The highest BCUT2D eigenvalue weighted by Gasteiger charge is 2.24. The molecule has 0 fully saturated rings. The summed E-state index contributed by atoms with van der Waals surface area (Å²) in [5, 5.41) is 17.0. The molecule has 0 bridgehead atoms. The number of rotatable bonds is 5. The lowest BCUT2D eigenvalue weighted by Crippen LogP contribution is -2.25. The fourth-order valence-electron chi connectivity index (χ4n) is 2.06. The maximum Gasteiger partial charge on any atom is 0.374 e. The summed E-state index contributed by atoms with van der Waals surface area (Å²) in [5.41, 5.74) is 1.11. The van der Waals surface area contributed by atoms with Gasteiger partial charge in [0.25, 0.3) is 0 Å². The number of para-hydroxylation sites is 1. The van der Waals surface area contributed by atoms with Gasteiger partial charge in [-0.05, 0) is 19.9 Å². The number of aryl methyl sites for hydroxylation is 1. The molecule has 22 heavy (non-hydrogen) atoms. The number of nitrogens with zero attached hydrogens (tertiary/aromatic N) is 1. The first-order chi connectivity index (χ1) is 10.5. The monoisotopic (exact) mass is 298 g/mol. The van der Waals surface area contributed by atoms with Crippen LogP contribution in [0, 0.1) is 29.6 Å². The van der Waals surface area contributed by atoms with Crippen LogP contribution in [0.5, 0.6) is 0 Å². The maximum absolute atomic E-state index is 12.0. The van der Waals surface area contributed by atoms with Crippen molar-refractivity contribution in [3.05, 3.63) is 35.6 Å². The number of carbonyl (C=O) groups is 2. The summed E-state index contributed by atoms with van der Waals surface area (Å²) in [7, 11) is 0. The topological polar surface area (TPSA) is 104 Å². The fourth-order valence-corrected chi connectivity index (χ4v) is 2.06. The molecule has 112 valence electrons. The molecule has 0 aliphatic carbocycles. The molecule has 0 unspecified atom stereocenters. The molecular weight excluding hydrogens is 284 g/mol. The van der Waals surface area contributed by atoms with Crippen LogP contribution in [0.1, 0.15) is 23.0 Å². The van der Waals surface area contributed by atoms with Crippen LogP contribution < -0.4 is 0 Å². The molecule has 0 saturated heterocycles. The molecule has 1 aromatic heterocycles. The van der Waals surface area contributed by atoms with E-state index in [1.807, 2.05) is 12.1 Å². The first-order valence-electron chi connectivity index (χ1n) is 6.58. The zero-order valence-corrected chi connectivity index (χ0v) is 12.2. The molecule has 1 heterocycles. The third-order valence-electron chi connectivity index (χ3n) is 3.26. The summed E-state index contributed by atoms with van der Waals surface area (Å²) in [6, 6.07) is 8.87. The van der Waals surface area contributed by atoms with Crippen LogP contribution >= 0.6 is 0 Å². The van der Waals surface area contributed by atoms with E-state index in [9.17, 15) is 9.59 Å². The predicted octanol–water partition coefficient (Wildman–Crippen LogP) is 2.65. The smallest absolute Gasteiger partial charge is 0.374 e. The van der Waals surface area contributed by atoms with E-state index >= 15 is 0 Å². The van der Waals surface area contributed by atoms with Crippen molar-refractivity contribution in [3.8, 4) is 6.07 Å². The van der Waals surface area contributed by atoms with Crippen LogP contribution in [0.3, 0.4) is 0 Å². The van der Waals surface area contributed by atoms with Crippen LogP contribution in [0.2, 0.25) is 0 Å². The van der Waals surface area contributed by atoms with E-state index in [0.29, 0.717) is 11.1 Å². The molecule has 6 heteroatoms. The van der Waals surface area contributed by atoms with Gasteiger partial charge in [-0.25, -0.2) is 4.79 Å². The molecule has 1 atom stereocenters. The lowest BCUT2D eigenvalue weighted by atomic mass is 10.0. The second kappa shape index (κ2) is 6.22. The van der Waals surface area contributed by atoms with Crippen LogP contribution in [0.4, 0.5) is 0 Å². The third-order valence-corrected chi connectivity index (χ3v) is 3.26. The Bertz CT molecular complexity index is 798. The second-order valence-corrected chi connectivity index (χ2v) is 4.84. The highest BCUT2D eigenvalue weighted by molar-refractivity contribution is 6.06. The SMILES string of the molecule is CC(=N)[C@H](C#N)C(=O)COC(=O)c1oc2ccccc2c1C. The number of Topliss-reactive ketones (excluding diaryl/α,β-unsaturated/α-hetero) is 1. The molecule has 1 aromatic carbocycles. The molecule has 2 rings (SSSR count). The van der Waals surface area contributed by atoms with Gasteiger partial charge in [-0.1, -0.05) is 18.2 Å². The Kier molecular flexibility index (Phi) is 4.37. The first-order valence-corrected chi connectivity index (χ1v) is 6.58. The summed E-state index contributed by atoms with van der Waals surface area (Å²) >= 11 is 0. The number of esters is 1. The molecule has 1 N–H and O–H groups in total. The van der Waals surface area contributed by atoms with Gasteiger partial charge in [0, 0.05) is 16.7 Å². The molecule has 0 saturated carbocycles. The van der Waals surface area contributed by atoms with E-state index < -0.39 is 24.3 Å². The molecular formula is C16H14N2O4. The Morgan fingerprint density at radius 1 is 1.41 bits per heavy atom. The number of nitrogens with one attached hydrogen (secondary N) is 1. The van der Waals surface area contributed by atoms with Gasteiger partial charge in [0.15, 0.2) is 12.4 Å². The summed E-state index contributed by atoms with van der Waals surface area (Å²) in [6.07, 6.45) is 0. The number of nitriles is 1. The van der Waals surface area contributed by atoms with Gasteiger partial charge in [0.2, 0.25) is 5.76 Å². The number of hydrogen-bond donors (Lipinski definition) is 1. The van der Waals surface area contributed by atoms with Gasteiger partial charge < -0.3 is 14.6 Å². The quantitative estimate of drug-likeness (QED) is 0.675. The van der Waals surface area contributed by atoms with Crippen LogP contribution in [-0.2, 0) is 9.53 Å². The molecule has 6 nitrogen and oxygen atoms in total. The number of fused-ring (bicyclic) bond motifs is 1. The lowest BCUT2D eigenvalue weighted by molar-refractivity contribution is -0.122. The van der Waals surface area contributed by atoms with Crippen LogP contribution in [-0.4, -0.2) is 24.1 Å². The van der Waals surface area contributed by atoms with Gasteiger partial charge in [-0.3, -0.25) is 4.79 Å². The van der Waals surface area contributed by atoms with E-state index in [0.717, 1.165) is 5.39 Å². The number of carbonyl (C=O) groups excluding carboxylic acids is 2. The molecule has 0 aliphatic heterocycles. The Labute approximate surface area is 126 Å². The van der Waals surface area contributed by atoms with Gasteiger partial charge in [-0.2, -0.15) is 5.26 Å². The molecule has 0 amide bonds. The van der Waals surface area contributed by atoms with Crippen molar-refractivity contribution in [2.45, 2.75) is 13.8 Å². The zero-order chi connectivity index (χ0) is 16.3.